The number of likely N-dealkylation sites (tertiary alicyclic amines) is 2. The van der Waals surface area contributed by atoms with Crippen molar-refractivity contribution in [3.8, 4) is 0 Å². The fourth-order valence-electron chi connectivity index (χ4n) is 4.27. The number of rotatable bonds is 6. The first-order valence-electron chi connectivity index (χ1n) is 11.4. The third-order valence-corrected chi connectivity index (χ3v) is 7.24. The zero-order valence-electron chi connectivity index (χ0n) is 18.4. The standard InChI is InChI=1S/C23H30N4O4S/c1-2-31-18-9-13-26(14-10-18)22(30)16-5-7-17(8-6-16)24-20(28)15-19-21(29)25-23(32-19)27-11-3-4-12-27/h5-8,18-19H,2-4,9-15H2,1H3,(H,24,28). The van der Waals surface area contributed by atoms with Crippen molar-refractivity contribution in [2.75, 3.05) is 38.1 Å². The topological polar surface area (TPSA) is 91.3 Å². The first-order chi connectivity index (χ1) is 15.5. The number of nitrogens with one attached hydrogen (secondary N) is 1. The summed E-state index contributed by atoms with van der Waals surface area (Å²) in [5, 5.41) is 3.11. The lowest BCUT2D eigenvalue weighted by molar-refractivity contribution is -0.121. The van der Waals surface area contributed by atoms with Gasteiger partial charge in [0.15, 0.2) is 5.17 Å². The molecule has 3 amide bonds. The van der Waals surface area contributed by atoms with Gasteiger partial charge in [-0.15, -0.1) is 0 Å². The number of amides is 3. The molecule has 1 aromatic rings. The summed E-state index contributed by atoms with van der Waals surface area (Å²) in [6.45, 7) is 5.92. The number of aliphatic imine (C=N–C) groups is 1. The number of anilines is 1. The molecule has 0 saturated carbocycles. The molecule has 1 unspecified atom stereocenters. The van der Waals surface area contributed by atoms with Crippen LogP contribution in [0.3, 0.4) is 0 Å². The van der Waals surface area contributed by atoms with Crippen LogP contribution in [0.5, 0.6) is 0 Å². The minimum Gasteiger partial charge on any atom is -0.378 e. The van der Waals surface area contributed by atoms with E-state index in [4.69, 9.17) is 4.74 Å². The van der Waals surface area contributed by atoms with Gasteiger partial charge in [-0.05, 0) is 56.9 Å². The number of carbonyl (C=O) groups excluding carboxylic acids is 3. The van der Waals surface area contributed by atoms with Crippen LogP contribution >= 0.6 is 11.8 Å². The van der Waals surface area contributed by atoms with Crippen LogP contribution in [0, 0.1) is 0 Å². The van der Waals surface area contributed by atoms with Gasteiger partial charge >= 0.3 is 0 Å². The van der Waals surface area contributed by atoms with Crippen molar-refractivity contribution in [2.45, 2.75) is 50.4 Å². The minimum absolute atomic E-state index is 0.00244. The second kappa shape index (κ2) is 10.5. The molecule has 2 fully saturated rings. The van der Waals surface area contributed by atoms with E-state index in [0.717, 1.165) is 43.9 Å². The average molecular weight is 459 g/mol. The van der Waals surface area contributed by atoms with Crippen molar-refractivity contribution in [3.63, 3.8) is 0 Å². The number of nitrogens with zero attached hydrogens (tertiary/aromatic N) is 3. The Balaban J connectivity index is 1.25. The van der Waals surface area contributed by atoms with Gasteiger partial charge in [0, 0.05) is 50.5 Å². The third-order valence-electron chi connectivity index (χ3n) is 6.02. The highest BCUT2D eigenvalue weighted by Crippen LogP contribution is 2.29. The summed E-state index contributed by atoms with van der Waals surface area (Å²) in [6, 6.07) is 6.93. The van der Waals surface area contributed by atoms with Gasteiger partial charge in [0.25, 0.3) is 11.8 Å². The lowest BCUT2D eigenvalue weighted by Gasteiger charge is -2.31. The first-order valence-corrected chi connectivity index (χ1v) is 12.3. The van der Waals surface area contributed by atoms with Gasteiger partial charge in [0.05, 0.1) is 6.10 Å². The van der Waals surface area contributed by atoms with Crippen molar-refractivity contribution in [2.24, 2.45) is 4.99 Å². The molecule has 1 atom stereocenters. The molecule has 1 aromatic carbocycles. The summed E-state index contributed by atoms with van der Waals surface area (Å²) >= 11 is 1.39. The van der Waals surface area contributed by atoms with E-state index in [0.29, 0.717) is 30.9 Å². The molecule has 0 bridgehead atoms. The molecule has 0 aromatic heterocycles. The minimum atomic E-state index is -0.467. The van der Waals surface area contributed by atoms with Crippen molar-refractivity contribution in [1.29, 1.82) is 0 Å². The highest BCUT2D eigenvalue weighted by atomic mass is 32.2. The van der Waals surface area contributed by atoms with Gasteiger partial charge in [-0.1, -0.05) is 11.8 Å². The summed E-state index contributed by atoms with van der Waals surface area (Å²) in [5.74, 6) is -0.468. The molecule has 9 heteroatoms. The van der Waals surface area contributed by atoms with Crippen LogP contribution in [0.4, 0.5) is 5.69 Å². The lowest BCUT2D eigenvalue weighted by atomic mass is 10.1. The molecule has 0 radical (unpaired) electrons. The maximum absolute atomic E-state index is 12.7. The Morgan fingerprint density at radius 3 is 2.47 bits per heavy atom. The van der Waals surface area contributed by atoms with E-state index in [9.17, 15) is 14.4 Å². The predicted octanol–water partition coefficient (Wildman–Crippen LogP) is 2.75. The summed E-state index contributed by atoms with van der Waals surface area (Å²) in [4.78, 5) is 45.5. The van der Waals surface area contributed by atoms with Crippen LogP contribution in [0.15, 0.2) is 29.3 Å². The van der Waals surface area contributed by atoms with Gasteiger partial charge < -0.3 is 19.9 Å². The summed E-state index contributed by atoms with van der Waals surface area (Å²) in [5.41, 5.74) is 1.21. The number of piperidine rings is 1. The molecule has 0 aliphatic carbocycles. The Kier molecular flexibility index (Phi) is 7.47. The van der Waals surface area contributed by atoms with Gasteiger partial charge in [-0.2, -0.15) is 4.99 Å². The van der Waals surface area contributed by atoms with Crippen LogP contribution in [0.1, 0.15) is 49.4 Å². The van der Waals surface area contributed by atoms with Crippen molar-refractivity contribution < 1.29 is 19.1 Å². The molecule has 3 aliphatic heterocycles. The van der Waals surface area contributed by atoms with E-state index in [2.05, 4.69) is 15.2 Å². The zero-order chi connectivity index (χ0) is 22.5. The average Bonchev–Trinajstić information content (AvgIpc) is 3.45. The number of benzene rings is 1. The van der Waals surface area contributed by atoms with Crippen LogP contribution < -0.4 is 5.32 Å². The van der Waals surface area contributed by atoms with E-state index in [-0.39, 0.29) is 30.2 Å². The molecule has 172 valence electrons. The maximum Gasteiger partial charge on any atom is 0.262 e. The van der Waals surface area contributed by atoms with Crippen molar-refractivity contribution in [1.82, 2.24) is 9.80 Å². The molecule has 2 saturated heterocycles. The van der Waals surface area contributed by atoms with Crippen LogP contribution in [-0.4, -0.2) is 76.8 Å². The summed E-state index contributed by atoms with van der Waals surface area (Å²) in [6.07, 6.45) is 4.26. The molecule has 3 aliphatic rings. The number of carbonyl (C=O) groups is 3. The zero-order valence-corrected chi connectivity index (χ0v) is 19.2. The number of hydrogen-bond acceptors (Lipinski definition) is 6. The fourth-order valence-corrected chi connectivity index (χ4v) is 5.39. The maximum atomic E-state index is 12.7. The second-order valence-corrected chi connectivity index (χ2v) is 9.48. The predicted molar refractivity (Wildman–Crippen MR) is 125 cm³/mol. The molecular formula is C23H30N4O4S. The van der Waals surface area contributed by atoms with E-state index < -0.39 is 5.25 Å². The molecule has 4 rings (SSSR count). The van der Waals surface area contributed by atoms with Gasteiger partial charge in [-0.25, -0.2) is 0 Å². The monoisotopic (exact) mass is 458 g/mol. The normalized spacial score (nSPS) is 21.7. The van der Waals surface area contributed by atoms with Crippen LogP contribution in [0.25, 0.3) is 0 Å². The van der Waals surface area contributed by atoms with Crippen molar-refractivity contribution >= 4 is 40.3 Å². The number of ether oxygens (including phenoxy) is 1. The number of thioether (sulfide) groups is 1. The summed E-state index contributed by atoms with van der Waals surface area (Å²) < 4.78 is 5.64. The SMILES string of the molecule is CCOC1CCN(C(=O)c2ccc(NC(=O)CC3SC(N4CCCC4)=NC3=O)cc2)CC1. The Hall–Kier alpha value is -2.39. The Bertz CT molecular complexity index is 874. The third kappa shape index (κ3) is 5.50. The molecule has 1 N–H and O–H groups in total. The Morgan fingerprint density at radius 2 is 1.81 bits per heavy atom. The fraction of sp³-hybridized carbons (Fsp3) is 0.565. The van der Waals surface area contributed by atoms with E-state index in [1.54, 1.807) is 24.3 Å². The molecule has 0 spiro atoms. The lowest BCUT2D eigenvalue weighted by Crippen LogP contribution is -2.40. The highest BCUT2D eigenvalue weighted by molar-refractivity contribution is 8.15. The molecule has 3 heterocycles. The molecule has 8 nitrogen and oxygen atoms in total. The Morgan fingerprint density at radius 1 is 1.12 bits per heavy atom. The summed E-state index contributed by atoms with van der Waals surface area (Å²) in [7, 11) is 0. The van der Waals surface area contributed by atoms with E-state index in [1.807, 2.05) is 11.8 Å². The highest BCUT2D eigenvalue weighted by Gasteiger charge is 2.33. The smallest absolute Gasteiger partial charge is 0.262 e. The number of amidine groups is 1. The van der Waals surface area contributed by atoms with Gasteiger partial charge in [0.1, 0.15) is 5.25 Å². The number of hydrogen-bond donors (Lipinski definition) is 1. The van der Waals surface area contributed by atoms with Gasteiger partial charge in [-0.3, -0.25) is 14.4 Å². The molecule has 32 heavy (non-hydrogen) atoms. The van der Waals surface area contributed by atoms with Gasteiger partial charge in [0.2, 0.25) is 5.91 Å². The Labute approximate surface area is 192 Å². The quantitative estimate of drug-likeness (QED) is 0.705. The second-order valence-electron chi connectivity index (χ2n) is 8.31. The van der Waals surface area contributed by atoms with Crippen LogP contribution in [0.2, 0.25) is 0 Å². The van der Waals surface area contributed by atoms with Crippen LogP contribution in [-0.2, 0) is 14.3 Å². The van der Waals surface area contributed by atoms with Crippen molar-refractivity contribution in [3.05, 3.63) is 29.8 Å². The van der Waals surface area contributed by atoms with E-state index >= 15 is 0 Å². The van der Waals surface area contributed by atoms with E-state index in [1.165, 1.54) is 11.8 Å². The molecular weight excluding hydrogens is 428 g/mol. The first kappa shape index (κ1) is 22.8. The largest absolute Gasteiger partial charge is 0.378 e.